The van der Waals surface area contributed by atoms with Crippen molar-refractivity contribution in [3.05, 3.63) is 60.2 Å². The monoisotopic (exact) mass is 319 g/mol. The first kappa shape index (κ1) is 16.2. The Kier molecular flexibility index (Phi) is 5.30. The van der Waals surface area contributed by atoms with Gasteiger partial charge in [-0.1, -0.05) is 36.4 Å². The van der Waals surface area contributed by atoms with Crippen LogP contribution in [0.1, 0.15) is 12.5 Å². The van der Waals surface area contributed by atoms with E-state index in [0.717, 1.165) is 0 Å². The van der Waals surface area contributed by atoms with Crippen LogP contribution in [0.3, 0.4) is 0 Å². The van der Waals surface area contributed by atoms with E-state index in [0.29, 0.717) is 11.3 Å². The minimum absolute atomic E-state index is 0.0278. The summed E-state index contributed by atoms with van der Waals surface area (Å²) >= 11 is 0. The van der Waals surface area contributed by atoms with Crippen LogP contribution in [0.2, 0.25) is 0 Å². The molecule has 1 N–H and O–H groups in total. The first-order valence-corrected chi connectivity index (χ1v) is 8.26. The first-order valence-electron chi connectivity index (χ1n) is 6.85. The molecule has 0 fully saturated rings. The number of benzene rings is 2. The zero-order valence-corrected chi connectivity index (χ0v) is 13.0. The average Bonchev–Trinajstić information content (AvgIpc) is 2.48. The van der Waals surface area contributed by atoms with Gasteiger partial charge in [0.25, 0.3) is 10.1 Å². The van der Waals surface area contributed by atoms with Crippen molar-refractivity contribution in [2.45, 2.75) is 18.2 Å². The SMILES string of the molecule is CCOS(=O)(=O)c1ccccc1CC(=O)Nc1ccccc1. The van der Waals surface area contributed by atoms with Crippen molar-refractivity contribution in [2.75, 3.05) is 11.9 Å². The highest BCUT2D eigenvalue weighted by atomic mass is 32.2. The Morgan fingerprint density at radius 2 is 1.68 bits per heavy atom. The fourth-order valence-corrected chi connectivity index (χ4v) is 3.16. The highest BCUT2D eigenvalue weighted by Gasteiger charge is 2.19. The molecule has 2 rings (SSSR count). The van der Waals surface area contributed by atoms with Gasteiger partial charge < -0.3 is 5.32 Å². The molecule has 5 nitrogen and oxygen atoms in total. The van der Waals surface area contributed by atoms with Gasteiger partial charge in [-0.25, -0.2) is 0 Å². The summed E-state index contributed by atoms with van der Waals surface area (Å²) in [7, 11) is -3.84. The van der Waals surface area contributed by atoms with E-state index in [2.05, 4.69) is 5.32 Å². The van der Waals surface area contributed by atoms with Crippen molar-refractivity contribution in [3.8, 4) is 0 Å². The lowest BCUT2D eigenvalue weighted by Gasteiger charge is -2.10. The number of hydrogen-bond donors (Lipinski definition) is 1. The summed E-state index contributed by atoms with van der Waals surface area (Å²) in [6, 6.07) is 15.3. The quantitative estimate of drug-likeness (QED) is 0.831. The highest BCUT2D eigenvalue weighted by molar-refractivity contribution is 7.86. The fourth-order valence-electron chi connectivity index (χ4n) is 2.01. The maximum atomic E-state index is 12.1. The Labute approximate surface area is 130 Å². The van der Waals surface area contributed by atoms with Gasteiger partial charge in [0, 0.05) is 5.69 Å². The van der Waals surface area contributed by atoms with Gasteiger partial charge in [-0.3, -0.25) is 8.98 Å². The molecule has 0 aliphatic carbocycles. The standard InChI is InChI=1S/C16H17NO4S/c1-2-21-22(19,20)15-11-7-6-8-13(15)12-16(18)17-14-9-4-3-5-10-14/h3-11H,2,12H2,1H3,(H,17,18). The van der Waals surface area contributed by atoms with Crippen molar-refractivity contribution < 1.29 is 17.4 Å². The van der Waals surface area contributed by atoms with Gasteiger partial charge in [-0.05, 0) is 30.7 Å². The Bertz CT molecular complexity index is 742. The predicted octanol–water partition coefficient (Wildman–Crippen LogP) is 2.59. The summed E-state index contributed by atoms with van der Waals surface area (Å²) in [5.41, 5.74) is 1.07. The smallest absolute Gasteiger partial charge is 0.297 e. The van der Waals surface area contributed by atoms with Crippen molar-refractivity contribution in [1.82, 2.24) is 0 Å². The number of amides is 1. The lowest BCUT2D eigenvalue weighted by molar-refractivity contribution is -0.115. The number of para-hydroxylation sites is 1. The van der Waals surface area contributed by atoms with Gasteiger partial charge in [-0.15, -0.1) is 0 Å². The van der Waals surface area contributed by atoms with Gasteiger partial charge in [-0.2, -0.15) is 8.42 Å². The minimum Gasteiger partial charge on any atom is -0.326 e. The largest absolute Gasteiger partial charge is 0.326 e. The number of anilines is 1. The number of carbonyl (C=O) groups excluding carboxylic acids is 1. The molecule has 6 heteroatoms. The second kappa shape index (κ2) is 7.20. The maximum Gasteiger partial charge on any atom is 0.297 e. The van der Waals surface area contributed by atoms with Crippen LogP contribution >= 0.6 is 0 Å². The van der Waals surface area contributed by atoms with Gasteiger partial charge >= 0.3 is 0 Å². The average molecular weight is 319 g/mol. The molecule has 0 saturated heterocycles. The maximum absolute atomic E-state index is 12.1. The molecular weight excluding hydrogens is 302 g/mol. The van der Waals surface area contributed by atoms with Crippen LogP contribution in [0.4, 0.5) is 5.69 Å². The van der Waals surface area contributed by atoms with Crippen molar-refractivity contribution >= 4 is 21.7 Å². The molecule has 0 spiro atoms. The van der Waals surface area contributed by atoms with E-state index in [1.807, 2.05) is 18.2 Å². The van der Waals surface area contributed by atoms with Crippen molar-refractivity contribution in [2.24, 2.45) is 0 Å². The Hall–Kier alpha value is -2.18. The lowest BCUT2D eigenvalue weighted by atomic mass is 10.1. The number of carbonyl (C=O) groups is 1. The van der Waals surface area contributed by atoms with Crippen LogP contribution in [-0.2, 0) is 25.5 Å². The molecule has 0 atom stereocenters. The van der Waals surface area contributed by atoms with E-state index in [1.165, 1.54) is 6.07 Å². The third-order valence-electron chi connectivity index (χ3n) is 2.92. The molecule has 0 radical (unpaired) electrons. The van der Waals surface area contributed by atoms with Crippen LogP contribution in [0.15, 0.2) is 59.5 Å². The van der Waals surface area contributed by atoms with Crippen molar-refractivity contribution in [3.63, 3.8) is 0 Å². The van der Waals surface area contributed by atoms with E-state index >= 15 is 0 Å². The molecule has 0 bridgehead atoms. The summed E-state index contributed by atoms with van der Waals surface area (Å²) in [5, 5.41) is 2.73. The van der Waals surface area contributed by atoms with Crippen LogP contribution < -0.4 is 5.32 Å². The second-order valence-electron chi connectivity index (χ2n) is 4.56. The normalized spacial score (nSPS) is 11.1. The third kappa shape index (κ3) is 4.16. The molecule has 0 unspecified atom stereocenters. The molecule has 1 amide bonds. The Balaban J connectivity index is 2.18. The molecule has 2 aromatic carbocycles. The molecule has 0 aliphatic heterocycles. The molecule has 0 heterocycles. The summed E-state index contributed by atoms with van der Waals surface area (Å²) in [4.78, 5) is 12.1. The van der Waals surface area contributed by atoms with Crippen LogP contribution in [0.25, 0.3) is 0 Å². The first-order chi connectivity index (χ1) is 10.5. The molecule has 22 heavy (non-hydrogen) atoms. The molecule has 0 aromatic heterocycles. The number of hydrogen-bond acceptors (Lipinski definition) is 4. The molecule has 2 aromatic rings. The lowest BCUT2D eigenvalue weighted by Crippen LogP contribution is -2.17. The van der Waals surface area contributed by atoms with E-state index in [4.69, 9.17) is 4.18 Å². The third-order valence-corrected chi connectivity index (χ3v) is 4.41. The van der Waals surface area contributed by atoms with Gasteiger partial charge in [0.05, 0.1) is 17.9 Å². The zero-order valence-electron chi connectivity index (χ0n) is 12.2. The van der Waals surface area contributed by atoms with E-state index in [9.17, 15) is 13.2 Å². The Morgan fingerprint density at radius 1 is 1.05 bits per heavy atom. The molecule has 0 saturated carbocycles. The van der Waals surface area contributed by atoms with E-state index < -0.39 is 10.1 Å². The summed E-state index contributed by atoms with van der Waals surface area (Å²) in [6.07, 6.45) is -0.0443. The van der Waals surface area contributed by atoms with Gasteiger partial charge in [0.2, 0.25) is 5.91 Å². The fraction of sp³-hybridized carbons (Fsp3) is 0.188. The zero-order chi connectivity index (χ0) is 16.0. The molecule has 0 aliphatic rings. The number of rotatable bonds is 6. The second-order valence-corrected chi connectivity index (χ2v) is 6.14. The summed E-state index contributed by atoms with van der Waals surface area (Å²) in [5.74, 6) is -0.287. The van der Waals surface area contributed by atoms with Gasteiger partial charge in [0.15, 0.2) is 0 Å². The Morgan fingerprint density at radius 3 is 2.36 bits per heavy atom. The van der Waals surface area contributed by atoms with Gasteiger partial charge in [0.1, 0.15) is 0 Å². The highest BCUT2D eigenvalue weighted by Crippen LogP contribution is 2.19. The van der Waals surface area contributed by atoms with E-state index in [1.54, 1.807) is 37.3 Å². The topological polar surface area (TPSA) is 72.5 Å². The van der Waals surface area contributed by atoms with Crippen molar-refractivity contribution in [1.29, 1.82) is 0 Å². The minimum atomic E-state index is -3.84. The van der Waals surface area contributed by atoms with Crippen LogP contribution in [0, 0.1) is 0 Å². The van der Waals surface area contributed by atoms with E-state index in [-0.39, 0.29) is 23.8 Å². The molecule has 116 valence electrons. The summed E-state index contributed by atoms with van der Waals surface area (Å²) in [6.45, 7) is 1.65. The van der Waals surface area contributed by atoms with Crippen LogP contribution in [-0.4, -0.2) is 20.9 Å². The summed E-state index contributed by atoms with van der Waals surface area (Å²) < 4.78 is 28.9. The van der Waals surface area contributed by atoms with Crippen LogP contribution in [0.5, 0.6) is 0 Å². The molecular formula is C16H17NO4S. The predicted molar refractivity (Wildman–Crippen MR) is 84.0 cm³/mol. The number of nitrogens with one attached hydrogen (secondary N) is 1.